The van der Waals surface area contributed by atoms with Crippen LogP contribution in [0.4, 0.5) is 0 Å². The first kappa shape index (κ1) is 15.1. The van der Waals surface area contributed by atoms with Crippen molar-refractivity contribution >= 4 is 15.9 Å². The first-order chi connectivity index (χ1) is 9.66. The van der Waals surface area contributed by atoms with E-state index >= 15 is 0 Å². The Morgan fingerprint density at radius 2 is 1.90 bits per heavy atom. The predicted molar refractivity (Wildman–Crippen MR) is 85.0 cm³/mol. The molecule has 0 aliphatic rings. The van der Waals surface area contributed by atoms with E-state index in [0.717, 1.165) is 28.6 Å². The van der Waals surface area contributed by atoms with Gasteiger partial charge in [-0.15, -0.1) is 0 Å². The van der Waals surface area contributed by atoms with Gasteiger partial charge in [-0.1, -0.05) is 46.3 Å². The lowest BCUT2D eigenvalue weighted by atomic mass is 10.1. The minimum absolute atomic E-state index is 0.531. The number of benzene rings is 2. The van der Waals surface area contributed by atoms with Crippen molar-refractivity contribution in [2.45, 2.75) is 25.9 Å². The second-order valence-corrected chi connectivity index (χ2v) is 5.71. The van der Waals surface area contributed by atoms with Crippen molar-refractivity contribution in [2.75, 3.05) is 6.61 Å². The summed E-state index contributed by atoms with van der Waals surface area (Å²) < 4.78 is 6.74. The maximum absolute atomic E-state index is 9.76. The summed E-state index contributed by atoms with van der Waals surface area (Å²) in [6.07, 6.45) is 1.43. The zero-order valence-electron chi connectivity index (χ0n) is 11.6. The van der Waals surface area contributed by atoms with Crippen LogP contribution in [-0.2, 0) is 6.42 Å². The molecule has 106 valence electrons. The number of aliphatic hydroxyl groups excluding tert-OH is 1. The van der Waals surface area contributed by atoms with Gasteiger partial charge in [0.15, 0.2) is 0 Å². The monoisotopic (exact) mass is 334 g/mol. The largest absolute Gasteiger partial charge is 0.493 e. The molecule has 0 radical (unpaired) electrons. The molecule has 1 unspecified atom stereocenters. The predicted octanol–water partition coefficient (Wildman–Crippen LogP) is 4.51. The van der Waals surface area contributed by atoms with E-state index in [1.165, 1.54) is 5.56 Å². The van der Waals surface area contributed by atoms with E-state index in [4.69, 9.17) is 4.74 Å². The summed E-state index contributed by atoms with van der Waals surface area (Å²) in [5, 5.41) is 9.76. The van der Waals surface area contributed by atoms with Crippen LogP contribution in [0.1, 0.15) is 30.6 Å². The maximum Gasteiger partial charge on any atom is 0.125 e. The van der Waals surface area contributed by atoms with Gasteiger partial charge >= 0.3 is 0 Å². The van der Waals surface area contributed by atoms with E-state index in [0.29, 0.717) is 6.61 Å². The van der Waals surface area contributed by atoms with Crippen molar-refractivity contribution in [1.82, 2.24) is 0 Å². The van der Waals surface area contributed by atoms with E-state index in [1.54, 1.807) is 6.92 Å². The Balaban J connectivity index is 1.88. The quantitative estimate of drug-likeness (QED) is 0.787. The Bertz CT molecular complexity index is 538. The summed E-state index contributed by atoms with van der Waals surface area (Å²) >= 11 is 3.41. The van der Waals surface area contributed by atoms with E-state index in [1.807, 2.05) is 24.3 Å². The van der Waals surface area contributed by atoms with Crippen LogP contribution < -0.4 is 4.74 Å². The highest BCUT2D eigenvalue weighted by Gasteiger charge is 2.09. The molecule has 0 saturated carbocycles. The van der Waals surface area contributed by atoms with Gasteiger partial charge in [0.2, 0.25) is 0 Å². The second-order valence-electron chi connectivity index (χ2n) is 4.80. The number of rotatable bonds is 6. The molecule has 0 saturated heterocycles. The fraction of sp³-hybridized carbons (Fsp3) is 0.294. The van der Waals surface area contributed by atoms with Crippen molar-refractivity contribution in [3.63, 3.8) is 0 Å². The van der Waals surface area contributed by atoms with Crippen LogP contribution >= 0.6 is 15.9 Å². The van der Waals surface area contributed by atoms with Crippen LogP contribution in [0.15, 0.2) is 53.0 Å². The fourth-order valence-corrected chi connectivity index (χ4v) is 2.46. The number of halogens is 1. The van der Waals surface area contributed by atoms with Crippen molar-refractivity contribution in [2.24, 2.45) is 0 Å². The highest BCUT2D eigenvalue weighted by molar-refractivity contribution is 9.10. The minimum Gasteiger partial charge on any atom is -0.493 e. The number of aliphatic hydroxyl groups is 1. The Kier molecular flexibility index (Phi) is 5.62. The molecule has 0 heterocycles. The lowest BCUT2D eigenvalue weighted by molar-refractivity contribution is 0.191. The molecule has 0 aromatic heterocycles. The van der Waals surface area contributed by atoms with Gasteiger partial charge in [0.1, 0.15) is 5.75 Å². The van der Waals surface area contributed by atoms with Crippen LogP contribution in [-0.4, -0.2) is 11.7 Å². The second kappa shape index (κ2) is 7.46. The molecule has 1 N–H and O–H groups in total. The molecular weight excluding hydrogens is 316 g/mol. The van der Waals surface area contributed by atoms with Gasteiger partial charge in [0, 0.05) is 10.0 Å². The maximum atomic E-state index is 9.76. The standard InChI is InChI=1S/C17H19BrO2/c1-13(19)16-12-15(18)9-10-17(16)20-11-5-8-14-6-3-2-4-7-14/h2-4,6-7,9-10,12-13,19H,5,8,11H2,1H3. The fourth-order valence-electron chi connectivity index (χ4n) is 2.08. The average Bonchev–Trinajstić information content (AvgIpc) is 2.45. The third-order valence-corrected chi connectivity index (χ3v) is 3.63. The summed E-state index contributed by atoms with van der Waals surface area (Å²) in [5.41, 5.74) is 2.14. The Hall–Kier alpha value is -1.32. The molecule has 0 spiro atoms. The first-order valence-corrected chi connectivity index (χ1v) is 7.60. The Labute approximate surface area is 128 Å². The topological polar surface area (TPSA) is 29.5 Å². The van der Waals surface area contributed by atoms with Crippen LogP contribution in [0.5, 0.6) is 5.75 Å². The Morgan fingerprint density at radius 3 is 2.60 bits per heavy atom. The highest BCUT2D eigenvalue weighted by Crippen LogP contribution is 2.28. The van der Waals surface area contributed by atoms with Crippen LogP contribution in [0, 0.1) is 0 Å². The normalized spacial score (nSPS) is 12.2. The van der Waals surface area contributed by atoms with Crippen molar-refractivity contribution in [1.29, 1.82) is 0 Å². The zero-order chi connectivity index (χ0) is 14.4. The van der Waals surface area contributed by atoms with Crippen molar-refractivity contribution in [3.05, 3.63) is 64.1 Å². The number of hydrogen-bond acceptors (Lipinski definition) is 2. The van der Waals surface area contributed by atoms with Gasteiger partial charge in [-0.2, -0.15) is 0 Å². The molecule has 2 aromatic carbocycles. The number of ether oxygens (including phenoxy) is 1. The molecule has 2 rings (SSSR count). The first-order valence-electron chi connectivity index (χ1n) is 6.81. The third-order valence-electron chi connectivity index (χ3n) is 3.13. The smallest absolute Gasteiger partial charge is 0.125 e. The summed E-state index contributed by atoms with van der Waals surface area (Å²) in [5.74, 6) is 0.760. The van der Waals surface area contributed by atoms with Crippen LogP contribution in [0.3, 0.4) is 0 Å². The highest BCUT2D eigenvalue weighted by atomic mass is 79.9. The zero-order valence-corrected chi connectivity index (χ0v) is 13.1. The van der Waals surface area contributed by atoms with E-state index in [2.05, 4.69) is 40.2 Å². The number of aryl methyl sites for hydroxylation is 1. The lowest BCUT2D eigenvalue weighted by Crippen LogP contribution is -2.03. The van der Waals surface area contributed by atoms with Gasteiger partial charge < -0.3 is 9.84 Å². The van der Waals surface area contributed by atoms with Gasteiger partial charge in [-0.25, -0.2) is 0 Å². The molecule has 1 atom stereocenters. The van der Waals surface area contributed by atoms with Gasteiger partial charge in [-0.05, 0) is 43.5 Å². The van der Waals surface area contributed by atoms with Crippen LogP contribution in [0.25, 0.3) is 0 Å². The summed E-state index contributed by atoms with van der Waals surface area (Å²) in [4.78, 5) is 0. The number of hydrogen-bond donors (Lipinski definition) is 1. The molecule has 0 aliphatic heterocycles. The van der Waals surface area contributed by atoms with Gasteiger partial charge in [0.05, 0.1) is 12.7 Å². The third kappa shape index (κ3) is 4.36. The average molecular weight is 335 g/mol. The summed E-state index contributed by atoms with van der Waals surface area (Å²) in [6, 6.07) is 16.1. The molecule has 2 nitrogen and oxygen atoms in total. The minimum atomic E-state index is -0.531. The molecule has 0 aliphatic carbocycles. The van der Waals surface area contributed by atoms with Crippen molar-refractivity contribution in [3.8, 4) is 5.75 Å². The van der Waals surface area contributed by atoms with Crippen molar-refractivity contribution < 1.29 is 9.84 Å². The SMILES string of the molecule is CC(O)c1cc(Br)ccc1OCCCc1ccccc1. The van der Waals surface area contributed by atoms with E-state index in [9.17, 15) is 5.11 Å². The summed E-state index contributed by atoms with van der Waals surface area (Å²) in [6.45, 7) is 2.40. The molecule has 0 bridgehead atoms. The molecule has 0 amide bonds. The molecule has 20 heavy (non-hydrogen) atoms. The van der Waals surface area contributed by atoms with E-state index in [-0.39, 0.29) is 0 Å². The van der Waals surface area contributed by atoms with E-state index < -0.39 is 6.10 Å². The van der Waals surface area contributed by atoms with Gasteiger partial charge in [-0.3, -0.25) is 0 Å². The lowest BCUT2D eigenvalue weighted by Gasteiger charge is -2.14. The van der Waals surface area contributed by atoms with Gasteiger partial charge in [0.25, 0.3) is 0 Å². The molecule has 0 fully saturated rings. The molecular formula is C17H19BrO2. The molecule has 2 aromatic rings. The molecule has 3 heteroatoms. The van der Waals surface area contributed by atoms with Crippen LogP contribution in [0.2, 0.25) is 0 Å². The Morgan fingerprint density at radius 1 is 1.15 bits per heavy atom. The summed E-state index contributed by atoms with van der Waals surface area (Å²) in [7, 11) is 0.